The van der Waals surface area contributed by atoms with Gasteiger partial charge in [0.1, 0.15) is 0 Å². The van der Waals surface area contributed by atoms with E-state index in [1.807, 2.05) is 32.0 Å². The van der Waals surface area contributed by atoms with Crippen LogP contribution >= 0.6 is 0 Å². The molecule has 0 radical (unpaired) electrons. The third-order valence-electron chi connectivity index (χ3n) is 2.95. The number of carboxylic acids is 1. The van der Waals surface area contributed by atoms with Gasteiger partial charge in [0.2, 0.25) is 0 Å². The lowest BCUT2D eigenvalue weighted by Gasteiger charge is -2.11. The lowest BCUT2D eigenvalue weighted by atomic mass is 10.1. The standard InChI is InChI=1S/C15H14N2O4/c1-9-5-10(2)7-11(6-9)16-14-8-12(17(20)21)3-4-13(14)15(18)19/h3-8,16H,1-2H3,(H,18,19). The van der Waals surface area contributed by atoms with Crippen molar-refractivity contribution < 1.29 is 14.8 Å². The van der Waals surface area contributed by atoms with Crippen molar-refractivity contribution in [1.29, 1.82) is 0 Å². The van der Waals surface area contributed by atoms with E-state index in [4.69, 9.17) is 0 Å². The number of aromatic carboxylic acids is 1. The lowest BCUT2D eigenvalue weighted by molar-refractivity contribution is -0.384. The molecule has 6 nitrogen and oxygen atoms in total. The molecule has 0 fully saturated rings. The number of nitro groups is 1. The summed E-state index contributed by atoms with van der Waals surface area (Å²) in [4.78, 5) is 21.5. The van der Waals surface area contributed by atoms with Gasteiger partial charge in [0.25, 0.3) is 5.69 Å². The molecule has 2 rings (SSSR count). The number of carboxylic acid groups (broad SMARTS) is 1. The first-order chi connectivity index (χ1) is 9.86. The Hall–Kier alpha value is -2.89. The van der Waals surface area contributed by atoms with E-state index in [0.717, 1.165) is 11.1 Å². The van der Waals surface area contributed by atoms with Crippen molar-refractivity contribution in [2.75, 3.05) is 5.32 Å². The molecule has 0 aliphatic heterocycles. The van der Waals surface area contributed by atoms with E-state index in [9.17, 15) is 20.0 Å². The molecule has 0 atom stereocenters. The van der Waals surface area contributed by atoms with Gasteiger partial charge in [0.15, 0.2) is 0 Å². The number of rotatable bonds is 4. The molecular formula is C15H14N2O4. The maximum Gasteiger partial charge on any atom is 0.337 e. The highest BCUT2D eigenvalue weighted by Crippen LogP contribution is 2.27. The van der Waals surface area contributed by atoms with Gasteiger partial charge in [-0.2, -0.15) is 0 Å². The summed E-state index contributed by atoms with van der Waals surface area (Å²) in [6.45, 7) is 3.84. The van der Waals surface area contributed by atoms with Crippen molar-refractivity contribution in [3.63, 3.8) is 0 Å². The maximum absolute atomic E-state index is 11.2. The molecular weight excluding hydrogens is 272 g/mol. The summed E-state index contributed by atoms with van der Waals surface area (Å²) in [5, 5.41) is 22.9. The lowest BCUT2D eigenvalue weighted by Crippen LogP contribution is -2.04. The number of hydrogen-bond acceptors (Lipinski definition) is 4. The molecule has 108 valence electrons. The predicted molar refractivity (Wildman–Crippen MR) is 79.3 cm³/mol. The molecule has 0 heterocycles. The van der Waals surface area contributed by atoms with E-state index < -0.39 is 10.9 Å². The van der Waals surface area contributed by atoms with Crippen LogP contribution in [0.1, 0.15) is 21.5 Å². The second-order valence-electron chi connectivity index (χ2n) is 4.79. The number of nitrogens with one attached hydrogen (secondary N) is 1. The summed E-state index contributed by atoms with van der Waals surface area (Å²) in [5.74, 6) is -1.14. The largest absolute Gasteiger partial charge is 0.478 e. The van der Waals surface area contributed by atoms with Crippen LogP contribution in [0, 0.1) is 24.0 Å². The van der Waals surface area contributed by atoms with Crippen LogP contribution in [0.5, 0.6) is 0 Å². The van der Waals surface area contributed by atoms with Gasteiger partial charge in [-0.05, 0) is 43.2 Å². The molecule has 0 saturated carbocycles. The number of hydrogen-bond donors (Lipinski definition) is 2. The first kappa shape index (κ1) is 14.5. The number of anilines is 2. The zero-order valence-electron chi connectivity index (χ0n) is 11.6. The number of benzene rings is 2. The molecule has 21 heavy (non-hydrogen) atoms. The quantitative estimate of drug-likeness (QED) is 0.661. The first-order valence-electron chi connectivity index (χ1n) is 6.24. The second-order valence-corrected chi connectivity index (χ2v) is 4.79. The SMILES string of the molecule is Cc1cc(C)cc(Nc2cc([N+](=O)[O-])ccc2C(=O)O)c1. The minimum Gasteiger partial charge on any atom is -0.478 e. The molecule has 0 aliphatic rings. The molecule has 0 spiro atoms. The van der Waals surface area contributed by atoms with Crippen LogP contribution in [0.2, 0.25) is 0 Å². The average molecular weight is 286 g/mol. The molecule has 0 amide bonds. The van der Waals surface area contributed by atoms with E-state index in [1.54, 1.807) is 0 Å². The number of non-ortho nitro benzene ring substituents is 1. The Labute approximate surface area is 121 Å². The van der Waals surface area contributed by atoms with Gasteiger partial charge < -0.3 is 10.4 Å². The van der Waals surface area contributed by atoms with E-state index in [0.29, 0.717) is 5.69 Å². The minimum atomic E-state index is -1.14. The van der Waals surface area contributed by atoms with Gasteiger partial charge in [-0.25, -0.2) is 4.79 Å². The van der Waals surface area contributed by atoms with Crippen molar-refractivity contribution in [3.8, 4) is 0 Å². The van der Waals surface area contributed by atoms with Crippen molar-refractivity contribution in [2.45, 2.75) is 13.8 Å². The maximum atomic E-state index is 11.2. The Balaban J connectivity index is 2.47. The molecule has 0 saturated heterocycles. The van der Waals surface area contributed by atoms with Crippen LogP contribution in [0.25, 0.3) is 0 Å². The molecule has 2 N–H and O–H groups in total. The van der Waals surface area contributed by atoms with Gasteiger partial charge in [-0.1, -0.05) is 6.07 Å². The van der Waals surface area contributed by atoms with Crippen LogP contribution in [-0.4, -0.2) is 16.0 Å². The number of nitrogens with zero attached hydrogens (tertiary/aromatic N) is 1. The fourth-order valence-electron chi connectivity index (χ4n) is 2.14. The summed E-state index contributed by atoms with van der Waals surface area (Å²) in [6, 6.07) is 9.30. The average Bonchev–Trinajstić information content (AvgIpc) is 2.36. The van der Waals surface area contributed by atoms with Gasteiger partial charge in [-0.15, -0.1) is 0 Å². The van der Waals surface area contributed by atoms with E-state index in [-0.39, 0.29) is 16.9 Å². The Bertz CT molecular complexity index is 705. The van der Waals surface area contributed by atoms with Crippen molar-refractivity contribution in [3.05, 3.63) is 63.2 Å². The Morgan fingerprint density at radius 3 is 2.29 bits per heavy atom. The molecule has 0 aliphatic carbocycles. The van der Waals surface area contributed by atoms with Gasteiger partial charge >= 0.3 is 5.97 Å². The van der Waals surface area contributed by atoms with Crippen LogP contribution in [-0.2, 0) is 0 Å². The van der Waals surface area contributed by atoms with E-state index in [2.05, 4.69) is 5.32 Å². The normalized spacial score (nSPS) is 10.2. The highest BCUT2D eigenvalue weighted by molar-refractivity contribution is 5.95. The van der Waals surface area contributed by atoms with Crippen molar-refractivity contribution >= 4 is 23.0 Å². The van der Waals surface area contributed by atoms with Crippen LogP contribution in [0.4, 0.5) is 17.1 Å². The first-order valence-corrected chi connectivity index (χ1v) is 6.24. The van der Waals surface area contributed by atoms with E-state index >= 15 is 0 Å². The third-order valence-corrected chi connectivity index (χ3v) is 2.95. The number of aryl methyl sites for hydroxylation is 2. The zero-order chi connectivity index (χ0) is 15.6. The smallest absolute Gasteiger partial charge is 0.337 e. The monoisotopic (exact) mass is 286 g/mol. The highest BCUT2D eigenvalue weighted by atomic mass is 16.6. The summed E-state index contributed by atoms with van der Waals surface area (Å²) in [6.07, 6.45) is 0. The second kappa shape index (κ2) is 5.62. The van der Waals surface area contributed by atoms with Gasteiger partial charge in [0, 0.05) is 17.8 Å². The van der Waals surface area contributed by atoms with Gasteiger partial charge in [-0.3, -0.25) is 10.1 Å². The van der Waals surface area contributed by atoms with Crippen molar-refractivity contribution in [1.82, 2.24) is 0 Å². The zero-order valence-corrected chi connectivity index (χ0v) is 11.6. The molecule has 0 bridgehead atoms. The molecule has 2 aromatic rings. The Morgan fingerprint density at radius 2 is 1.76 bits per heavy atom. The minimum absolute atomic E-state index is 0.0141. The van der Waals surface area contributed by atoms with Crippen LogP contribution in [0.15, 0.2) is 36.4 Å². The Kier molecular flexibility index (Phi) is 3.89. The third kappa shape index (κ3) is 3.36. The summed E-state index contributed by atoms with van der Waals surface area (Å²) in [5.41, 5.74) is 2.74. The predicted octanol–water partition coefficient (Wildman–Crippen LogP) is 3.65. The van der Waals surface area contributed by atoms with Gasteiger partial charge in [0.05, 0.1) is 16.2 Å². The van der Waals surface area contributed by atoms with E-state index in [1.165, 1.54) is 18.2 Å². The fraction of sp³-hybridized carbons (Fsp3) is 0.133. The fourth-order valence-corrected chi connectivity index (χ4v) is 2.14. The highest BCUT2D eigenvalue weighted by Gasteiger charge is 2.15. The van der Waals surface area contributed by atoms with Crippen LogP contribution in [0.3, 0.4) is 0 Å². The molecule has 0 aromatic heterocycles. The van der Waals surface area contributed by atoms with Crippen LogP contribution < -0.4 is 5.32 Å². The Morgan fingerprint density at radius 1 is 1.14 bits per heavy atom. The van der Waals surface area contributed by atoms with Crippen molar-refractivity contribution in [2.24, 2.45) is 0 Å². The number of carbonyl (C=O) groups is 1. The summed E-state index contributed by atoms with van der Waals surface area (Å²) >= 11 is 0. The number of nitro benzene ring substituents is 1. The molecule has 6 heteroatoms. The summed E-state index contributed by atoms with van der Waals surface area (Å²) in [7, 11) is 0. The molecule has 0 unspecified atom stereocenters. The molecule has 2 aromatic carbocycles. The topological polar surface area (TPSA) is 92.5 Å². The summed E-state index contributed by atoms with van der Waals surface area (Å²) < 4.78 is 0.